The van der Waals surface area contributed by atoms with Gasteiger partial charge in [-0.1, -0.05) is 0 Å². The molecule has 0 aromatic carbocycles. The number of nitrogens with zero attached hydrogens (tertiary/aromatic N) is 1. The van der Waals surface area contributed by atoms with Crippen LogP contribution in [0.15, 0.2) is 4.99 Å². The van der Waals surface area contributed by atoms with E-state index in [9.17, 15) is 0 Å². The summed E-state index contributed by atoms with van der Waals surface area (Å²) in [5.74, 6) is 0. The first-order chi connectivity index (χ1) is 3.93. The van der Waals surface area contributed by atoms with Gasteiger partial charge < -0.3 is 5.11 Å². The molecule has 0 saturated heterocycles. The summed E-state index contributed by atoms with van der Waals surface area (Å²) in [6, 6.07) is 0. The van der Waals surface area contributed by atoms with Crippen molar-refractivity contribution in [1.82, 2.24) is 5.32 Å². The average Bonchev–Trinajstić information content (AvgIpc) is 1.90. The van der Waals surface area contributed by atoms with Crippen LogP contribution in [0.2, 0.25) is 0 Å². The Hall–Kier alpha value is -0.410. The Bertz CT molecular complexity index is 92.4. The van der Waals surface area contributed by atoms with Crippen molar-refractivity contribution in [2.24, 2.45) is 4.99 Å². The van der Waals surface area contributed by atoms with Gasteiger partial charge in [0.2, 0.25) is 0 Å². The van der Waals surface area contributed by atoms with Crippen molar-refractivity contribution in [3.8, 4) is 0 Å². The van der Waals surface area contributed by atoms with Crippen LogP contribution in [-0.4, -0.2) is 30.6 Å². The molecular formula is C5H10N2O. The fourth-order valence-electron chi connectivity index (χ4n) is 0.681. The Balaban J connectivity index is 2.32. The molecule has 8 heavy (non-hydrogen) atoms. The predicted octanol–water partition coefficient (Wildman–Crippen LogP) is -0.631. The van der Waals surface area contributed by atoms with E-state index in [1.165, 1.54) is 0 Å². The summed E-state index contributed by atoms with van der Waals surface area (Å²) >= 11 is 0. The maximum atomic E-state index is 8.51. The SMILES string of the molecule is OCC1N=CCCN1. The molecular weight excluding hydrogens is 104 g/mol. The number of hydrogen-bond donors (Lipinski definition) is 2. The van der Waals surface area contributed by atoms with E-state index in [4.69, 9.17) is 5.11 Å². The van der Waals surface area contributed by atoms with E-state index >= 15 is 0 Å². The first-order valence-corrected chi connectivity index (χ1v) is 2.79. The molecule has 3 heteroatoms. The highest BCUT2D eigenvalue weighted by Gasteiger charge is 2.03. The lowest BCUT2D eigenvalue weighted by Gasteiger charge is -2.13. The van der Waals surface area contributed by atoms with Crippen LogP contribution in [0, 0.1) is 0 Å². The Morgan fingerprint density at radius 3 is 3.12 bits per heavy atom. The summed E-state index contributed by atoms with van der Waals surface area (Å²) in [6.07, 6.45) is 2.79. The van der Waals surface area contributed by atoms with Gasteiger partial charge in [0.15, 0.2) is 0 Å². The van der Waals surface area contributed by atoms with Crippen LogP contribution in [0.1, 0.15) is 6.42 Å². The second-order valence-electron chi connectivity index (χ2n) is 1.77. The zero-order valence-electron chi connectivity index (χ0n) is 4.67. The minimum atomic E-state index is -0.0382. The van der Waals surface area contributed by atoms with Gasteiger partial charge in [-0.15, -0.1) is 0 Å². The van der Waals surface area contributed by atoms with Gasteiger partial charge in [-0.25, -0.2) is 0 Å². The van der Waals surface area contributed by atoms with Gasteiger partial charge >= 0.3 is 0 Å². The smallest absolute Gasteiger partial charge is 0.122 e. The predicted molar refractivity (Wildman–Crippen MR) is 32.0 cm³/mol. The molecule has 0 amide bonds. The lowest BCUT2D eigenvalue weighted by Crippen LogP contribution is -2.34. The molecule has 1 rings (SSSR count). The third-order valence-corrected chi connectivity index (χ3v) is 1.11. The summed E-state index contributed by atoms with van der Waals surface area (Å²) < 4.78 is 0. The van der Waals surface area contributed by atoms with Gasteiger partial charge in [0.25, 0.3) is 0 Å². The molecule has 0 saturated carbocycles. The van der Waals surface area contributed by atoms with Gasteiger partial charge in [-0.2, -0.15) is 0 Å². The van der Waals surface area contributed by atoms with Crippen molar-refractivity contribution in [2.45, 2.75) is 12.6 Å². The van der Waals surface area contributed by atoms with Crippen molar-refractivity contribution < 1.29 is 5.11 Å². The Kier molecular flexibility index (Phi) is 2.00. The fraction of sp³-hybridized carbons (Fsp3) is 0.800. The van der Waals surface area contributed by atoms with Crippen molar-refractivity contribution in [3.05, 3.63) is 0 Å². The van der Waals surface area contributed by atoms with Crippen LogP contribution in [0.5, 0.6) is 0 Å². The highest BCUT2D eigenvalue weighted by atomic mass is 16.3. The molecule has 1 atom stereocenters. The van der Waals surface area contributed by atoms with Gasteiger partial charge in [-0.3, -0.25) is 10.3 Å². The van der Waals surface area contributed by atoms with Crippen LogP contribution >= 0.6 is 0 Å². The number of aliphatic imine (C=N–C) groups is 1. The zero-order chi connectivity index (χ0) is 5.82. The Morgan fingerprint density at radius 2 is 2.75 bits per heavy atom. The molecule has 1 unspecified atom stereocenters. The molecule has 0 aromatic heterocycles. The molecule has 0 radical (unpaired) electrons. The zero-order valence-corrected chi connectivity index (χ0v) is 4.67. The summed E-state index contributed by atoms with van der Waals surface area (Å²) in [5.41, 5.74) is 0. The van der Waals surface area contributed by atoms with E-state index in [0.717, 1.165) is 13.0 Å². The topological polar surface area (TPSA) is 44.6 Å². The molecule has 1 aliphatic rings. The number of aliphatic hydroxyl groups excluding tert-OH is 1. The molecule has 46 valence electrons. The highest BCUT2D eigenvalue weighted by molar-refractivity contribution is 5.58. The number of aliphatic hydroxyl groups is 1. The third kappa shape index (κ3) is 1.28. The number of rotatable bonds is 1. The maximum absolute atomic E-state index is 8.51. The van der Waals surface area contributed by atoms with Crippen molar-refractivity contribution in [3.63, 3.8) is 0 Å². The van der Waals surface area contributed by atoms with Gasteiger partial charge in [0.05, 0.1) is 6.61 Å². The van der Waals surface area contributed by atoms with Crippen LogP contribution in [0.4, 0.5) is 0 Å². The molecule has 0 aliphatic carbocycles. The standard InChI is InChI=1S/C5H10N2O/c8-4-5-6-2-1-3-7-5/h2,5,7-8H,1,3-4H2. The molecule has 0 spiro atoms. The summed E-state index contributed by atoms with van der Waals surface area (Å²) in [6.45, 7) is 1.05. The van der Waals surface area contributed by atoms with E-state index in [-0.39, 0.29) is 12.8 Å². The highest BCUT2D eigenvalue weighted by Crippen LogP contribution is 1.89. The summed E-state index contributed by atoms with van der Waals surface area (Å²) in [7, 11) is 0. The first kappa shape index (κ1) is 5.72. The van der Waals surface area contributed by atoms with Gasteiger partial charge in [0, 0.05) is 12.8 Å². The lowest BCUT2D eigenvalue weighted by molar-refractivity contribution is 0.245. The quantitative estimate of drug-likeness (QED) is 0.476. The molecule has 1 aliphatic heterocycles. The van der Waals surface area contributed by atoms with E-state index in [1.807, 2.05) is 6.21 Å². The fourth-order valence-corrected chi connectivity index (χ4v) is 0.681. The normalized spacial score (nSPS) is 28.4. The van der Waals surface area contributed by atoms with E-state index in [0.29, 0.717) is 0 Å². The largest absolute Gasteiger partial charge is 0.393 e. The van der Waals surface area contributed by atoms with Crippen LogP contribution in [-0.2, 0) is 0 Å². The molecule has 1 heterocycles. The lowest BCUT2D eigenvalue weighted by atomic mass is 10.3. The monoisotopic (exact) mass is 114 g/mol. The summed E-state index contributed by atoms with van der Waals surface area (Å²) in [4.78, 5) is 3.96. The second kappa shape index (κ2) is 2.79. The van der Waals surface area contributed by atoms with Crippen LogP contribution in [0.25, 0.3) is 0 Å². The van der Waals surface area contributed by atoms with Crippen LogP contribution < -0.4 is 5.32 Å². The average molecular weight is 114 g/mol. The van der Waals surface area contributed by atoms with Crippen molar-refractivity contribution in [1.29, 1.82) is 0 Å². The number of hydrogen-bond acceptors (Lipinski definition) is 3. The Labute approximate surface area is 48.4 Å². The third-order valence-electron chi connectivity index (χ3n) is 1.11. The molecule has 2 N–H and O–H groups in total. The van der Waals surface area contributed by atoms with Crippen LogP contribution in [0.3, 0.4) is 0 Å². The molecule has 0 aromatic rings. The van der Waals surface area contributed by atoms with Gasteiger partial charge in [0.1, 0.15) is 6.17 Å². The van der Waals surface area contributed by atoms with E-state index < -0.39 is 0 Å². The first-order valence-electron chi connectivity index (χ1n) is 2.79. The minimum absolute atomic E-state index is 0.0382. The van der Waals surface area contributed by atoms with Crippen molar-refractivity contribution >= 4 is 6.21 Å². The number of nitrogens with one attached hydrogen (secondary N) is 1. The van der Waals surface area contributed by atoms with E-state index in [1.54, 1.807) is 0 Å². The molecule has 3 nitrogen and oxygen atoms in total. The molecule has 0 bridgehead atoms. The second-order valence-corrected chi connectivity index (χ2v) is 1.77. The minimum Gasteiger partial charge on any atom is -0.393 e. The van der Waals surface area contributed by atoms with E-state index in [2.05, 4.69) is 10.3 Å². The van der Waals surface area contributed by atoms with Gasteiger partial charge in [-0.05, 0) is 6.42 Å². The van der Waals surface area contributed by atoms with Crippen molar-refractivity contribution in [2.75, 3.05) is 13.2 Å². The molecule has 0 fully saturated rings. The Morgan fingerprint density at radius 1 is 1.88 bits per heavy atom. The maximum Gasteiger partial charge on any atom is 0.122 e. The summed E-state index contributed by atoms with van der Waals surface area (Å²) in [5, 5.41) is 11.5.